The summed E-state index contributed by atoms with van der Waals surface area (Å²) in [5.74, 6) is 1.41. The Balaban J connectivity index is 0.00000144. The summed E-state index contributed by atoms with van der Waals surface area (Å²) in [5, 5.41) is 4.11. The number of nitrogens with one attached hydrogen (secondary N) is 1. The SMILES string of the molecule is O=C(NC[C]1CCCCCCC1)c1ccc2ccccc2n1.[CH2].[CH2]. The number of hydrogen-bond acceptors (Lipinski definition) is 2. The van der Waals surface area contributed by atoms with Crippen LogP contribution in [0.1, 0.15) is 55.4 Å². The smallest absolute Gasteiger partial charge is 0.269 e. The maximum absolute atomic E-state index is 12.3. The molecule has 0 aliphatic heterocycles. The lowest BCUT2D eigenvalue weighted by molar-refractivity contribution is 0.0949. The van der Waals surface area contributed by atoms with Crippen molar-refractivity contribution in [2.75, 3.05) is 6.54 Å². The summed E-state index contributed by atoms with van der Waals surface area (Å²) in [6, 6.07) is 11.6. The molecule has 1 saturated carbocycles. The molecule has 1 aromatic carbocycles. The number of para-hydroxylation sites is 1. The third kappa shape index (κ3) is 5.33. The molecule has 0 bridgehead atoms. The predicted molar refractivity (Wildman–Crippen MR) is 100 cm³/mol. The highest BCUT2D eigenvalue weighted by atomic mass is 16.1. The summed E-state index contributed by atoms with van der Waals surface area (Å²) in [4.78, 5) is 16.7. The largest absolute Gasteiger partial charge is 0.350 e. The highest BCUT2D eigenvalue weighted by molar-refractivity contribution is 5.94. The molecule has 1 aromatic heterocycles. The Bertz CT molecular complexity index is 631. The van der Waals surface area contributed by atoms with Crippen LogP contribution in [0.25, 0.3) is 10.9 Å². The van der Waals surface area contributed by atoms with Gasteiger partial charge >= 0.3 is 0 Å². The molecular formula is C21H27N2O. The summed E-state index contributed by atoms with van der Waals surface area (Å²) >= 11 is 0. The van der Waals surface area contributed by atoms with Crippen molar-refractivity contribution in [1.29, 1.82) is 0 Å². The van der Waals surface area contributed by atoms with E-state index < -0.39 is 0 Å². The van der Waals surface area contributed by atoms with E-state index in [9.17, 15) is 4.79 Å². The second-order valence-electron chi connectivity index (χ2n) is 6.09. The lowest BCUT2D eigenvalue weighted by atomic mass is 9.91. The fraction of sp³-hybridized carbons (Fsp3) is 0.381. The van der Waals surface area contributed by atoms with Crippen molar-refractivity contribution in [3.05, 3.63) is 62.9 Å². The monoisotopic (exact) mass is 323 g/mol. The van der Waals surface area contributed by atoms with E-state index in [1.165, 1.54) is 38.0 Å². The Kier molecular flexibility index (Phi) is 8.45. The number of amides is 1. The van der Waals surface area contributed by atoms with Crippen LogP contribution < -0.4 is 5.32 Å². The zero-order valence-electron chi connectivity index (χ0n) is 14.4. The van der Waals surface area contributed by atoms with E-state index in [4.69, 9.17) is 0 Å². The van der Waals surface area contributed by atoms with Crippen molar-refractivity contribution >= 4 is 16.8 Å². The van der Waals surface area contributed by atoms with Crippen LogP contribution in [-0.4, -0.2) is 17.4 Å². The molecule has 1 heterocycles. The van der Waals surface area contributed by atoms with E-state index in [0.29, 0.717) is 12.2 Å². The maximum Gasteiger partial charge on any atom is 0.269 e. The highest BCUT2D eigenvalue weighted by Gasteiger charge is 2.14. The third-order valence-corrected chi connectivity index (χ3v) is 4.39. The van der Waals surface area contributed by atoms with Crippen LogP contribution in [0.3, 0.4) is 0 Å². The molecule has 1 amide bonds. The normalized spacial score (nSPS) is 15.5. The molecule has 3 rings (SSSR count). The first-order chi connectivity index (χ1) is 10.8. The number of aromatic nitrogens is 1. The van der Waals surface area contributed by atoms with Gasteiger partial charge in [-0.1, -0.05) is 71.2 Å². The zero-order valence-corrected chi connectivity index (χ0v) is 14.4. The average molecular weight is 323 g/mol. The molecule has 1 fully saturated rings. The van der Waals surface area contributed by atoms with Gasteiger partial charge in [-0.3, -0.25) is 4.79 Å². The molecule has 0 unspecified atom stereocenters. The van der Waals surface area contributed by atoms with Crippen molar-refractivity contribution in [2.45, 2.75) is 44.9 Å². The predicted octanol–water partition coefficient (Wildman–Crippen LogP) is 4.94. The van der Waals surface area contributed by atoms with Gasteiger partial charge in [0.1, 0.15) is 5.69 Å². The van der Waals surface area contributed by atoms with Crippen molar-refractivity contribution < 1.29 is 4.79 Å². The summed E-state index contributed by atoms with van der Waals surface area (Å²) < 4.78 is 0. The number of nitrogens with zero attached hydrogens (tertiary/aromatic N) is 1. The van der Waals surface area contributed by atoms with E-state index in [2.05, 4.69) is 10.3 Å². The Morgan fingerprint density at radius 3 is 2.33 bits per heavy atom. The van der Waals surface area contributed by atoms with Gasteiger partial charge in [0.15, 0.2) is 0 Å². The van der Waals surface area contributed by atoms with Gasteiger partial charge in [0.2, 0.25) is 0 Å². The summed E-state index contributed by atoms with van der Waals surface area (Å²) in [6.45, 7) is 0.702. The van der Waals surface area contributed by atoms with Crippen LogP contribution in [0.4, 0.5) is 0 Å². The van der Waals surface area contributed by atoms with Crippen LogP contribution in [0.5, 0.6) is 0 Å². The van der Waals surface area contributed by atoms with Crippen LogP contribution in [0, 0.1) is 20.8 Å². The first-order valence-electron chi connectivity index (χ1n) is 8.30. The lowest BCUT2D eigenvalue weighted by Gasteiger charge is -2.19. The summed E-state index contributed by atoms with van der Waals surface area (Å²) in [5.41, 5.74) is 1.37. The molecule has 1 aliphatic rings. The van der Waals surface area contributed by atoms with Crippen molar-refractivity contribution in [2.24, 2.45) is 0 Å². The molecule has 3 heteroatoms. The van der Waals surface area contributed by atoms with E-state index >= 15 is 0 Å². The molecule has 0 saturated heterocycles. The topological polar surface area (TPSA) is 42.0 Å². The minimum Gasteiger partial charge on any atom is -0.350 e. The number of fused-ring (bicyclic) bond motifs is 1. The van der Waals surface area contributed by atoms with Crippen LogP contribution in [0.15, 0.2) is 36.4 Å². The minimum atomic E-state index is -0.0692. The van der Waals surface area contributed by atoms with Gasteiger partial charge in [-0.15, -0.1) is 0 Å². The first kappa shape index (κ1) is 20.1. The molecule has 24 heavy (non-hydrogen) atoms. The van der Waals surface area contributed by atoms with Gasteiger partial charge < -0.3 is 5.32 Å². The fourth-order valence-corrected chi connectivity index (χ4v) is 3.07. The Morgan fingerprint density at radius 2 is 1.58 bits per heavy atom. The first-order valence-corrected chi connectivity index (χ1v) is 8.30. The van der Waals surface area contributed by atoms with Gasteiger partial charge in [-0.25, -0.2) is 4.98 Å². The maximum atomic E-state index is 12.3. The minimum absolute atomic E-state index is 0. The van der Waals surface area contributed by atoms with Gasteiger partial charge in [0.05, 0.1) is 5.52 Å². The molecule has 1 N–H and O–H groups in total. The number of hydrogen-bond donors (Lipinski definition) is 1. The molecule has 1 aliphatic carbocycles. The number of carbonyl (C=O) groups is 1. The summed E-state index contributed by atoms with van der Waals surface area (Å²) in [6.07, 6.45) is 8.85. The molecule has 0 atom stereocenters. The Morgan fingerprint density at radius 1 is 0.917 bits per heavy atom. The highest BCUT2D eigenvalue weighted by Crippen LogP contribution is 2.23. The van der Waals surface area contributed by atoms with Crippen molar-refractivity contribution in [3.8, 4) is 0 Å². The number of carbonyl (C=O) groups excluding carboxylic acids is 1. The van der Waals surface area contributed by atoms with Gasteiger partial charge in [-0.05, 0) is 30.9 Å². The molecule has 5 radical (unpaired) electrons. The summed E-state index contributed by atoms with van der Waals surface area (Å²) in [7, 11) is 0. The lowest BCUT2D eigenvalue weighted by Crippen LogP contribution is -2.29. The number of rotatable bonds is 3. The van der Waals surface area contributed by atoms with Crippen LogP contribution >= 0.6 is 0 Å². The van der Waals surface area contributed by atoms with Crippen LogP contribution in [-0.2, 0) is 0 Å². The molecule has 0 spiro atoms. The van der Waals surface area contributed by atoms with Crippen molar-refractivity contribution in [3.63, 3.8) is 0 Å². The standard InChI is InChI=1S/C19H23N2O.2CH2/c22-19(20-14-15-8-4-2-1-3-5-9-15)18-13-12-16-10-6-7-11-17(16)21-18;;/h6-7,10-13H,1-5,8-9,14H2,(H,20,22);2*1H2. The Labute approximate surface area is 146 Å². The van der Waals surface area contributed by atoms with Gasteiger partial charge in [-0.2, -0.15) is 0 Å². The molecule has 2 aromatic rings. The van der Waals surface area contributed by atoms with Crippen LogP contribution in [0.2, 0.25) is 0 Å². The van der Waals surface area contributed by atoms with E-state index in [-0.39, 0.29) is 20.8 Å². The van der Waals surface area contributed by atoms with Gasteiger partial charge in [0, 0.05) is 11.9 Å². The van der Waals surface area contributed by atoms with E-state index in [0.717, 1.165) is 23.7 Å². The second-order valence-corrected chi connectivity index (χ2v) is 6.09. The quantitative estimate of drug-likeness (QED) is 0.869. The zero-order chi connectivity index (χ0) is 15.2. The number of pyridine rings is 1. The molecular weight excluding hydrogens is 296 g/mol. The molecule has 3 nitrogen and oxygen atoms in total. The van der Waals surface area contributed by atoms with Gasteiger partial charge in [0.25, 0.3) is 5.91 Å². The number of benzene rings is 1. The third-order valence-electron chi connectivity index (χ3n) is 4.39. The van der Waals surface area contributed by atoms with Crippen molar-refractivity contribution in [1.82, 2.24) is 10.3 Å². The fourth-order valence-electron chi connectivity index (χ4n) is 3.07. The van der Waals surface area contributed by atoms with E-state index in [1.807, 2.05) is 30.3 Å². The molecule has 127 valence electrons. The van der Waals surface area contributed by atoms with E-state index in [1.54, 1.807) is 6.07 Å². The second kappa shape index (κ2) is 10.1. The average Bonchev–Trinajstić information content (AvgIpc) is 2.53. The Hall–Kier alpha value is -1.90.